The smallest absolute Gasteiger partial charge is 0.211 e. The summed E-state index contributed by atoms with van der Waals surface area (Å²) >= 11 is 0. The fourth-order valence-corrected chi connectivity index (χ4v) is 5.69. The third-order valence-corrected chi connectivity index (χ3v) is 6.29. The van der Waals surface area contributed by atoms with E-state index in [4.69, 9.17) is 0 Å². The van der Waals surface area contributed by atoms with E-state index >= 15 is 0 Å². The molecule has 0 saturated heterocycles. The van der Waals surface area contributed by atoms with E-state index in [2.05, 4.69) is 4.72 Å². The van der Waals surface area contributed by atoms with Crippen LogP contribution in [-0.4, -0.2) is 19.7 Å². The molecule has 0 aliphatic heterocycles. The van der Waals surface area contributed by atoms with Crippen LogP contribution in [0.2, 0.25) is 0 Å². The third kappa shape index (κ3) is 1.80. The third-order valence-electron chi connectivity index (χ3n) is 4.79. The van der Waals surface area contributed by atoms with Crippen LogP contribution in [0.5, 0.6) is 0 Å². The Bertz CT molecular complexity index is 353. The topological polar surface area (TPSA) is 46.2 Å². The van der Waals surface area contributed by atoms with Gasteiger partial charge in [0.15, 0.2) is 0 Å². The summed E-state index contributed by atoms with van der Waals surface area (Å²) in [7, 11) is -3.03. The van der Waals surface area contributed by atoms with Crippen molar-refractivity contribution < 1.29 is 8.42 Å². The van der Waals surface area contributed by atoms with Crippen LogP contribution in [-0.2, 0) is 10.0 Å². The molecule has 4 fully saturated rings. The van der Waals surface area contributed by atoms with Crippen LogP contribution in [0, 0.1) is 17.8 Å². The Hall–Kier alpha value is -0.0900. The molecule has 0 atom stereocenters. The van der Waals surface area contributed by atoms with Crippen molar-refractivity contribution in [3.8, 4) is 0 Å². The van der Waals surface area contributed by atoms with Crippen LogP contribution in [0.25, 0.3) is 0 Å². The average Bonchev–Trinajstić information content (AvgIpc) is 2.13. The van der Waals surface area contributed by atoms with Crippen LogP contribution in [0.1, 0.15) is 45.4 Å². The first-order valence-electron chi connectivity index (χ1n) is 6.52. The lowest BCUT2D eigenvalue weighted by Gasteiger charge is -2.56. The van der Waals surface area contributed by atoms with E-state index < -0.39 is 10.0 Å². The minimum absolute atomic E-state index is 0.0520. The van der Waals surface area contributed by atoms with Crippen LogP contribution in [0.3, 0.4) is 0 Å². The van der Waals surface area contributed by atoms with Crippen molar-refractivity contribution in [2.24, 2.45) is 17.8 Å². The number of sulfonamides is 1. The molecule has 0 heterocycles. The monoisotopic (exact) mass is 243 g/mol. The summed E-state index contributed by atoms with van der Waals surface area (Å²) in [4.78, 5) is 0. The van der Waals surface area contributed by atoms with E-state index in [9.17, 15) is 8.42 Å². The zero-order chi connectivity index (χ0) is 11.4. The second kappa shape index (κ2) is 3.45. The second-order valence-electron chi connectivity index (χ2n) is 6.20. The molecule has 4 bridgehead atoms. The maximum atomic E-state index is 11.8. The fourth-order valence-electron chi connectivity index (χ4n) is 4.64. The van der Waals surface area contributed by atoms with Gasteiger partial charge in [-0.25, -0.2) is 13.1 Å². The molecule has 3 nitrogen and oxygen atoms in total. The van der Waals surface area contributed by atoms with Crippen molar-refractivity contribution in [3.05, 3.63) is 0 Å². The number of rotatable bonds is 3. The predicted molar refractivity (Wildman–Crippen MR) is 63.5 cm³/mol. The van der Waals surface area contributed by atoms with Gasteiger partial charge in [0.1, 0.15) is 0 Å². The van der Waals surface area contributed by atoms with Gasteiger partial charge in [0.25, 0.3) is 0 Å². The molecule has 4 saturated carbocycles. The number of nitrogens with one attached hydrogen (secondary N) is 1. The standard InChI is InChI=1S/C12H21NO2S/c1-2-16(14,15)13-12-6-9-3-10(7-12)5-11(4-9)8-12/h9-11,13H,2-8H2,1H3. The quantitative estimate of drug-likeness (QED) is 0.823. The summed E-state index contributed by atoms with van der Waals surface area (Å²) < 4.78 is 26.6. The largest absolute Gasteiger partial charge is 0.212 e. The first-order chi connectivity index (χ1) is 7.50. The molecule has 0 unspecified atom stereocenters. The van der Waals surface area contributed by atoms with Gasteiger partial charge in [0.2, 0.25) is 10.0 Å². The lowest BCUT2D eigenvalue weighted by molar-refractivity contribution is -0.00808. The van der Waals surface area contributed by atoms with Crippen molar-refractivity contribution >= 4 is 10.0 Å². The summed E-state index contributed by atoms with van der Waals surface area (Å²) in [5.74, 6) is 2.61. The Labute approximate surface area is 98.0 Å². The average molecular weight is 243 g/mol. The highest BCUT2D eigenvalue weighted by molar-refractivity contribution is 7.89. The Balaban J connectivity index is 1.84. The maximum absolute atomic E-state index is 11.8. The minimum atomic E-state index is -3.03. The molecule has 92 valence electrons. The van der Waals surface area contributed by atoms with Crippen molar-refractivity contribution in [1.82, 2.24) is 4.72 Å². The molecule has 0 aromatic rings. The van der Waals surface area contributed by atoms with Crippen LogP contribution in [0.15, 0.2) is 0 Å². The molecule has 0 radical (unpaired) electrons. The normalized spacial score (nSPS) is 46.2. The number of hydrogen-bond acceptors (Lipinski definition) is 2. The predicted octanol–water partition coefficient (Wildman–Crippen LogP) is 1.89. The molecule has 0 aromatic heterocycles. The minimum Gasteiger partial charge on any atom is -0.212 e. The molecule has 0 spiro atoms. The molecular formula is C12H21NO2S. The zero-order valence-corrected chi connectivity index (χ0v) is 10.7. The van der Waals surface area contributed by atoms with Gasteiger partial charge in [0.05, 0.1) is 5.75 Å². The molecule has 4 heteroatoms. The van der Waals surface area contributed by atoms with Gasteiger partial charge in [-0.1, -0.05) is 0 Å². The number of hydrogen-bond donors (Lipinski definition) is 1. The van der Waals surface area contributed by atoms with Crippen molar-refractivity contribution in [2.75, 3.05) is 5.75 Å². The highest BCUT2D eigenvalue weighted by atomic mass is 32.2. The molecule has 4 aliphatic carbocycles. The van der Waals surface area contributed by atoms with E-state index in [-0.39, 0.29) is 11.3 Å². The molecule has 0 amide bonds. The van der Waals surface area contributed by atoms with E-state index in [1.54, 1.807) is 6.92 Å². The van der Waals surface area contributed by atoms with Gasteiger partial charge in [-0.2, -0.15) is 0 Å². The summed E-state index contributed by atoms with van der Waals surface area (Å²) in [6, 6.07) is 0. The van der Waals surface area contributed by atoms with E-state index in [1.807, 2.05) is 0 Å². The Morgan fingerprint density at radius 3 is 1.88 bits per heavy atom. The fraction of sp³-hybridized carbons (Fsp3) is 1.00. The molecule has 0 aromatic carbocycles. The van der Waals surface area contributed by atoms with E-state index in [1.165, 1.54) is 19.3 Å². The maximum Gasteiger partial charge on any atom is 0.211 e. The summed E-state index contributed by atoms with van der Waals surface area (Å²) in [5, 5.41) is 0. The van der Waals surface area contributed by atoms with Gasteiger partial charge in [-0.05, 0) is 63.2 Å². The molecular weight excluding hydrogens is 222 g/mol. The van der Waals surface area contributed by atoms with Crippen LogP contribution < -0.4 is 4.72 Å². The highest BCUT2D eigenvalue weighted by Crippen LogP contribution is 2.55. The molecule has 1 N–H and O–H groups in total. The van der Waals surface area contributed by atoms with E-state index in [0.717, 1.165) is 37.0 Å². The Kier molecular flexibility index (Phi) is 2.38. The summed E-state index contributed by atoms with van der Waals surface area (Å²) in [6.07, 6.45) is 7.35. The molecule has 16 heavy (non-hydrogen) atoms. The Morgan fingerprint density at radius 1 is 1.06 bits per heavy atom. The van der Waals surface area contributed by atoms with Gasteiger partial charge < -0.3 is 0 Å². The lowest BCUT2D eigenvalue weighted by atomic mass is 9.53. The molecule has 4 aliphatic rings. The highest BCUT2D eigenvalue weighted by Gasteiger charge is 2.52. The van der Waals surface area contributed by atoms with Crippen molar-refractivity contribution in [2.45, 2.75) is 51.0 Å². The van der Waals surface area contributed by atoms with Gasteiger partial charge >= 0.3 is 0 Å². The van der Waals surface area contributed by atoms with Crippen molar-refractivity contribution in [3.63, 3.8) is 0 Å². The second-order valence-corrected chi connectivity index (χ2v) is 8.21. The van der Waals surface area contributed by atoms with Crippen molar-refractivity contribution in [1.29, 1.82) is 0 Å². The summed E-state index contributed by atoms with van der Waals surface area (Å²) in [6.45, 7) is 1.73. The van der Waals surface area contributed by atoms with E-state index in [0.29, 0.717) is 0 Å². The SMILES string of the molecule is CCS(=O)(=O)NC12CC3CC(CC(C3)C1)C2. The van der Waals surface area contributed by atoms with Crippen LogP contribution in [0.4, 0.5) is 0 Å². The van der Waals surface area contributed by atoms with Gasteiger partial charge in [-0.15, -0.1) is 0 Å². The first kappa shape index (κ1) is 11.0. The summed E-state index contributed by atoms with van der Waals surface area (Å²) in [5.41, 5.74) is -0.0520. The lowest BCUT2D eigenvalue weighted by Crippen LogP contribution is -2.59. The first-order valence-corrected chi connectivity index (χ1v) is 8.17. The molecule has 4 rings (SSSR count). The van der Waals surface area contributed by atoms with Gasteiger partial charge in [-0.3, -0.25) is 0 Å². The Morgan fingerprint density at radius 2 is 1.50 bits per heavy atom. The zero-order valence-electron chi connectivity index (χ0n) is 9.91. The van der Waals surface area contributed by atoms with Gasteiger partial charge in [0, 0.05) is 5.54 Å². The van der Waals surface area contributed by atoms with Crippen LogP contribution >= 0.6 is 0 Å².